The van der Waals surface area contributed by atoms with Crippen molar-refractivity contribution in [1.29, 1.82) is 0 Å². The van der Waals surface area contributed by atoms with Gasteiger partial charge >= 0.3 is 12.1 Å². The van der Waals surface area contributed by atoms with Crippen LogP contribution >= 0.6 is 0 Å². The number of hydrogen-bond donors (Lipinski definition) is 4. The van der Waals surface area contributed by atoms with Gasteiger partial charge in [-0.05, 0) is 27.2 Å². The number of carbonyl (C=O) groups excluding carboxylic acids is 3. The first-order chi connectivity index (χ1) is 10.5. The van der Waals surface area contributed by atoms with Gasteiger partial charge in [-0.2, -0.15) is 0 Å². The van der Waals surface area contributed by atoms with Crippen molar-refractivity contribution < 1.29 is 29.0 Å². The van der Waals surface area contributed by atoms with Crippen LogP contribution in [-0.2, 0) is 19.1 Å². The molecule has 0 unspecified atom stereocenters. The molecule has 2 atom stereocenters. The molecule has 9 heteroatoms. The van der Waals surface area contributed by atoms with Gasteiger partial charge < -0.3 is 26.2 Å². The normalized spacial score (nSPS) is 13.3. The Morgan fingerprint density at radius 3 is 2.17 bits per heavy atom. The SMILES string of the molecule is C=CC[C@H](NC(=O)OC(C)(C)C)C(=O)N[C@@H](CC(N)=O)C(=O)O. The van der Waals surface area contributed by atoms with Gasteiger partial charge in [0.2, 0.25) is 11.8 Å². The molecule has 0 aliphatic heterocycles. The van der Waals surface area contributed by atoms with Crippen molar-refractivity contribution in [3.05, 3.63) is 12.7 Å². The Kier molecular flexibility index (Phi) is 7.78. The summed E-state index contributed by atoms with van der Waals surface area (Å²) in [5.41, 5.74) is 4.18. The summed E-state index contributed by atoms with van der Waals surface area (Å²) in [5, 5.41) is 13.4. The molecule has 0 aliphatic carbocycles. The van der Waals surface area contributed by atoms with Gasteiger partial charge in [-0.3, -0.25) is 9.59 Å². The van der Waals surface area contributed by atoms with Gasteiger partial charge in [-0.1, -0.05) is 6.08 Å². The highest BCUT2D eigenvalue weighted by molar-refractivity contribution is 5.91. The first-order valence-corrected chi connectivity index (χ1v) is 6.88. The maximum Gasteiger partial charge on any atom is 0.408 e. The molecule has 0 spiro atoms. The maximum atomic E-state index is 12.1. The monoisotopic (exact) mass is 329 g/mol. The number of carboxylic acids is 1. The van der Waals surface area contributed by atoms with E-state index in [4.69, 9.17) is 15.6 Å². The molecule has 130 valence electrons. The van der Waals surface area contributed by atoms with Crippen molar-refractivity contribution >= 4 is 23.9 Å². The Morgan fingerprint density at radius 1 is 1.22 bits per heavy atom. The fourth-order valence-electron chi connectivity index (χ4n) is 1.52. The number of nitrogens with one attached hydrogen (secondary N) is 2. The number of nitrogens with two attached hydrogens (primary N) is 1. The summed E-state index contributed by atoms with van der Waals surface area (Å²) in [6.07, 6.45) is 0.0367. The Bertz CT molecular complexity index is 483. The molecule has 0 rings (SSSR count). The van der Waals surface area contributed by atoms with Crippen molar-refractivity contribution in [3.8, 4) is 0 Å². The first-order valence-electron chi connectivity index (χ1n) is 6.88. The number of carbonyl (C=O) groups is 4. The molecule has 0 saturated heterocycles. The summed E-state index contributed by atoms with van der Waals surface area (Å²) < 4.78 is 5.03. The fraction of sp³-hybridized carbons (Fsp3) is 0.571. The van der Waals surface area contributed by atoms with Gasteiger partial charge in [0.1, 0.15) is 17.7 Å². The number of hydrogen-bond acceptors (Lipinski definition) is 5. The molecule has 9 nitrogen and oxygen atoms in total. The second kappa shape index (κ2) is 8.76. The summed E-state index contributed by atoms with van der Waals surface area (Å²) in [6.45, 7) is 8.43. The fourth-order valence-corrected chi connectivity index (χ4v) is 1.52. The molecule has 23 heavy (non-hydrogen) atoms. The van der Waals surface area contributed by atoms with Crippen LogP contribution in [0.25, 0.3) is 0 Å². The predicted molar refractivity (Wildman–Crippen MR) is 81.3 cm³/mol. The highest BCUT2D eigenvalue weighted by Crippen LogP contribution is 2.07. The average molecular weight is 329 g/mol. The van der Waals surface area contributed by atoms with Crippen LogP contribution in [-0.4, -0.2) is 46.7 Å². The van der Waals surface area contributed by atoms with Gasteiger partial charge in [-0.25, -0.2) is 9.59 Å². The number of aliphatic carboxylic acids is 1. The van der Waals surface area contributed by atoms with Crippen LogP contribution < -0.4 is 16.4 Å². The third-order valence-corrected chi connectivity index (χ3v) is 2.43. The lowest BCUT2D eigenvalue weighted by molar-refractivity contribution is -0.143. The Balaban J connectivity index is 4.89. The molecule has 0 heterocycles. The van der Waals surface area contributed by atoms with Crippen LogP contribution in [0.4, 0.5) is 4.79 Å². The zero-order valence-electron chi connectivity index (χ0n) is 13.4. The number of rotatable bonds is 8. The summed E-state index contributed by atoms with van der Waals surface area (Å²) in [6, 6.07) is -2.56. The lowest BCUT2D eigenvalue weighted by atomic mass is 10.1. The Hall–Kier alpha value is -2.58. The van der Waals surface area contributed by atoms with E-state index in [0.29, 0.717) is 0 Å². The summed E-state index contributed by atoms with van der Waals surface area (Å²) in [7, 11) is 0. The van der Waals surface area contributed by atoms with E-state index in [0.717, 1.165) is 0 Å². The number of ether oxygens (including phenoxy) is 1. The zero-order valence-corrected chi connectivity index (χ0v) is 13.4. The van der Waals surface area contributed by atoms with Crippen LogP contribution in [0, 0.1) is 0 Å². The van der Waals surface area contributed by atoms with E-state index >= 15 is 0 Å². The molecular weight excluding hydrogens is 306 g/mol. The van der Waals surface area contributed by atoms with Crippen molar-refractivity contribution in [2.45, 2.75) is 51.3 Å². The minimum absolute atomic E-state index is 0.0496. The first kappa shape index (κ1) is 20.4. The Labute approximate surface area is 134 Å². The van der Waals surface area contributed by atoms with Crippen LogP contribution in [0.3, 0.4) is 0 Å². The third-order valence-electron chi connectivity index (χ3n) is 2.43. The molecule has 0 saturated carbocycles. The standard InChI is InChI=1S/C14H23N3O6/c1-5-6-8(17-13(22)23-14(2,3)4)11(19)16-9(12(20)21)7-10(15)18/h5,8-9H,1,6-7H2,2-4H3,(H2,15,18)(H,16,19)(H,17,22)(H,20,21)/t8-,9-/m0/s1. The molecule has 0 radical (unpaired) electrons. The lowest BCUT2D eigenvalue weighted by Gasteiger charge is -2.23. The van der Waals surface area contributed by atoms with Crippen LogP contribution in [0.5, 0.6) is 0 Å². The molecule has 0 aromatic carbocycles. The van der Waals surface area contributed by atoms with Gasteiger partial charge in [0.05, 0.1) is 6.42 Å². The number of alkyl carbamates (subject to hydrolysis) is 1. The van der Waals surface area contributed by atoms with E-state index in [9.17, 15) is 19.2 Å². The molecule has 0 aliphatic rings. The molecule has 0 aromatic rings. The highest BCUT2D eigenvalue weighted by Gasteiger charge is 2.28. The van der Waals surface area contributed by atoms with Crippen LogP contribution in [0.2, 0.25) is 0 Å². The molecule has 0 bridgehead atoms. The smallest absolute Gasteiger partial charge is 0.408 e. The van der Waals surface area contributed by atoms with E-state index in [-0.39, 0.29) is 6.42 Å². The average Bonchev–Trinajstić information content (AvgIpc) is 2.34. The molecular formula is C14H23N3O6. The molecule has 3 amide bonds. The largest absolute Gasteiger partial charge is 0.480 e. The topological polar surface area (TPSA) is 148 Å². The van der Waals surface area contributed by atoms with Gasteiger partial charge in [0.25, 0.3) is 0 Å². The minimum atomic E-state index is -1.48. The maximum absolute atomic E-state index is 12.1. The van der Waals surface area contributed by atoms with Crippen LogP contribution in [0.1, 0.15) is 33.6 Å². The Morgan fingerprint density at radius 2 is 1.78 bits per heavy atom. The van der Waals surface area contributed by atoms with E-state index in [1.165, 1.54) is 6.08 Å². The summed E-state index contributed by atoms with van der Waals surface area (Å²) in [4.78, 5) is 45.6. The van der Waals surface area contributed by atoms with E-state index in [2.05, 4.69) is 17.2 Å². The zero-order chi connectivity index (χ0) is 18.2. The van der Waals surface area contributed by atoms with Crippen molar-refractivity contribution in [2.75, 3.05) is 0 Å². The molecule has 5 N–H and O–H groups in total. The second-order valence-electron chi connectivity index (χ2n) is 5.79. The molecule has 0 fully saturated rings. The number of amides is 3. The molecule has 0 aromatic heterocycles. The van der Waals surface area contributed by atoms with Gasteiger partial charge in [0, 0.05) is 0 Å². The van der Waals surface area contributed by atoms with Gasteiger partial charge in [-0.15, -0.1) is 6.58 Å². The van der Waals surface area contributed by atoms with Gasteiger partial charge in [0.15, 0.2) is 0 Å². The summed E-state index contributed by atoms with van der Waals surface area (Å²) >= 11 is 0. The predicted octanol–water partition coefficient (Wildman–Crippen LogP) is -0.0994. The van der Waals surface area contributed by atoms with E-state index < -0.39 is 48.0 Å². The van der Waals surface area contributed by atoms with Crippen molar-refractivity contribution in [3.63, 3.8) is 0 Å². The number of primary amides is 1. The number of carboxylic acid groups (broad SMARTS) is 1. The minimum Gasteiger partial charge on any atom is -0.480 e. The quantitative estimate of drug-likeness (QED) is 0.457. The van der Waals surface area contributed by atoms with Crippen molar-refractivity contribution in [1.82, 2.24) is 10.6 Å². The third kappa shape index (κ3) is 9.12. The van der Waals surface area contributed by atoms with Crippen LogP contribution in [0.15, 0.2) is 12.7 Å². The van der Waals surface area contributed by atoms with E-state index in [1.54, 1.807) is 20.8 Å². The van der Waals surface area contributed by atoms with Crippen molar-refractivity contribution in [2.24, 2.45) is 5.73 Å². The van der Waals surface area contributed by atoms with E-state index in [1.807, 2.05) is 0 Å². The summed E-state index contributed by atoms with van der Waals surface area (Å²) in [5.74, 6) is -3.07. The lowest BCUT2D eigenvalue weighted by Crippen LogP contribution is -2.52. The second-order valence-corrected chi connectivity index (χ2v) is 5.79. The highest BCUT2D eigenvalue weighted by atomic mass is 16.6.